The van der Waals surface area contributed by atoms with Gasteiger partial charge in [-0.15, -0.1) is 12.4 Å². The molecule has 2 saturated heterocycles. The van der Waals surface area contributed by atoms with Crippen LogP contribution in [-0.4, -0.2) is 53.8 Å². The lowest BCUT2D eigenvalue weighted by atomic mass is 9.94. The molecule has 5 nitrogen and oxygen atoms in total. The van der Waals surface area contributed by atoms with Crippen molar-refractivity contribution in [3.8, 4) is 0 Å². The Morgan fingerprint density at radius 1 is 1.07 bits per heavy atom. The second kappa shape index (κ2) is 9.14. The zero-order chi connectivity index (χ0) is 19.7. The van der Waals surface area contributed by atoms with Crippen LogP contribution in [0.15, 0.2) is 42.5 Å². The Balaban J connectivity index is 0.00000240. The molecule has 2 unspecified atom stereocenters. The molecule has 2 aromatic rings. The van der Waals surface area contributed by atoms with Crippen molar-refractivity contribution < 1.29 is 9.59 Å². The van der Waals surface area contributed by atoms with E-state index in [-0.39, 0.29) is 36.2 Å². The lowest BCUT2D eigenvalue weighted by Crippen LogP contribution is -2.45. The van der Waals surface area contributed by atoms with Gasteiger partial charge in [0.05, 0.1) is 0 Å². The highest BCUT2D eigenvalue weighted by Gasteiger charge is 2.37. The molecule has 156 valence electrons. The molecule has 2 aliphatic heterocycles. The van der Waals surface area contributed by atoms with E-state index in [0.717, 1.165) is 42.1 Å². The molecule has 2 heterocycles. The molecular weight excluding hydrogens is 386 g/mol. The van der Waals surface area contributed by atoms with Crippen molar-refractivity contribution in [2.45, 2.75) is 32.2 Å². The van der Waals surface area contributed by atoms with Crippen LogP contribution < -0.4 is 5.73 Å². The fraction of sp³-hybridized carbons (Fsp3) is 0.478. The molecule has 4 rings (SSSR count). The second-order valence-electron chi connectivity index (χ2n) is 8.27. The number of fused-ring (bicyclic) bond motifs is 1. The third-order valence-electron chi connectivity index (χ3n) is 6.43. The molecule has 0 aromatic heterocycles. The number of rotatable bonds is 3. The number of nitrogens with zero attached hydrogens (tertiary/aromatic N) is 2. The number of hydrogen-bond acceptors (Lipinski definition) is 3. The van der Waals surface area contributed by atoms with Crippen molar-refractivity contribution in [1.29, 1.82) is 0 Å². The van der Waals surface area contributed by atoms with E-state index in [1.165, 1.54) is 0 Å². The van der Waals surface area contributed by atoms with Gasteiger partial charge in [-0.25, -0.2) is 0 Å². The molecule has 0 radical (unpaired) electrons. The average molecular weight is 416 g/mol. The fourth-order valence-electron chi connectivity index (χ4n) is 4.77. The topological polar surface area (TPSA) is 66.6 Å². The van der Waals surface area contributed by atoms with Gasteiger partial charge in [-0.3, -0.25) is 9.59 Å². The Bertz CT molecular complexity index is 874. The summed E-state index contributed by atoms with van der Waals surface area (Å²) in [6.45, 7) is 4.83. The summed E-state index contributed by atoms with van der Waals surface area (Å²) >= 11 is 0. The van der Waals surface area contributed by atoms with Gasteiger partial charge in [0.25, 0.3) is 5.91 Å². The number of benzene rings is 2. The smallest absolute Gasteiger partial charge is 0.254 e. The molecule has 2 atom stereocenters. The van der Waals surface area contributed by atoms with E-state index in [4.69, 9.17) is 5.73 Å². The maximum Gasteiger partial charge on any atom is 0.254 e. The summed E-state index contributed by atoms with van der Waals surface area (Å²) < 4.78 is 0. The third kappa shape index (κ3) is 4.26. The molecule has 29 heavy (non-hydrogen) atoms. The number of nitrogens with two attached hydrogens (primary N) is 1. The van der Waals surface area contributed by atoms with Gasteiger partial charge in [-0.2, -0.15) is 0 Å². The summed E-state index contributed by atoms with van der Waals surface area (Å²) in [7, 11) is 0. The predicted octanol–water partition coefficient (Wildman–Crippen LogP) is 3.31. The molecular formula is C23H30ClN3O2. The number of hydrogen-bond donors (Lipinski definition) is 1. The molecule has 0 aliphatic carbocycles. The van der Waals surface area contributed by atoms with E-state index < -0.39 is 0 Å². The first-order valence-corrected chi connectivity index (χ1v) is 10.4. The highest BCUT2D eigenvalue weighted by atomic mass is 35.5. The largest absolute Gasteiger partial charge is 0.339 e. The molecule has 0 saturated carbocycles. The number of halogens is 1. The second-order valence-corrected chi connectivity index (χ2v) is 8.27. The van der Waals surface area contributed by atoms with E-state index in [1.807, 2.05) is 52.3 Å². The maximum absolute atomic E-state index is 13.1. The van der Waals surface area contributed by atoms with E-state index >= 15 is 0 Å². The molecule has 2 aromatic carbocycles. The highest BCUT2D eigenvalue weighted by Crippen LogP contribution is 2.29. The molecule has 2 amide bonds. The normalized spacial score (nSPS) is 22.6. The van der Waals surface area contributed by atoms with E-state index in [9.17, 15) is 9.59 Å². The van der Waals surface area contributed by atoms with Gasteiger partial charge in [-0.05, 0) is 55.5 Å². The summed E-state index contributed by atoms with van der Waals surface area (Å²) in [5.74, 6) is 0.767. The Hall–Kier alpha value is -2.11. The zero-order valence-electron chi connectivity index (χ0n) is 16.9. The monoisotopic (exact) mass is 415 g/mol. The Kier molecular flexibility index (Phi) is 6.81. The summed E-state index contributed by atoms with van der Waals surface area (Å²) in [6, 6.07) is 14.1. The number of amides is 2. The first-order valence-electron chi connectivity index (χ1n) is 10.4. The minimum Gasteiger partial charge on any atom is -0.339 e. The quantitative estimate of drug-likeness (QED) is 0.836. The predicted molar refractivity (Wildman–Crippen MR) is 118 cm³/mol. The highest BCUT2D eigenvalue weighted by molar-refractivity contribution is 6.07. The average Bonchev–Trinajstić information content (AvgIpc) is 3.13. The van der Waals surface area contributed by atoms with Gasteiger partial charge in [-0.1, -0.05) is 36.4 Å². The van der Waals surface area contributed by atoms with Crippen molar-refractivity contribution in [3.63, 3.8) is 0 Å². The Labute approximate surface area is 178 Å². The maximum atomic E-state index is 13.1. The number of likely N-dealkylation sites (tertiary alicyclic amines) is 2. The first-order chi connectivity index (χ1) is 13.6. The van der Waals surface area contributed by atoms with Crippen LogP contribution in [-0.2, 0) is 4.79 Å². The third-order valence-corrected chi connectivity index (χ3v) is 6.43. The van der Waals surface area contributed by atoms with Crippen molar-refractivity contribution in [3.05, 3.63) is 48.0 Å². The van der Waals surface area contributed by atoms with Crippen LogP contribution in [0.3, 0.4) is 0 Å². The van der Waals surface area contributed by atoms with E-state index in [0.29, 0.717) is 25.6 Å². The number of carbonyl (C=O) groups excluding carboxylic acids is 2. The van der Waals surface area contributed by atoms with Crippen molar-refractivity contribution >= 4 is 35.0 Å². The van der Waals surface area contributed by atoms with Gasteiger partial charge in [0.1, 0.15) is 0 Å². The lowest BCUT2D eigenvalue weighted by molar-refractivity contribution is -0.137. The van der Waals surface area contributed by atoms with Crippen LogP contribution in [0, 0.1) is 11.8 Å². The minimum atomic E-state index is 0. The minimum absolute atomic E-state index is 0. The number of piperidine rings is 1. The Morgan fingerprint density at radius 2 is 1.76 bits per heavy atom. The van der Waals surface area contributed by atoms with E-state index in [1.54, 1.807) is 0 Å². The molecule has 2 fully saturated rings. The fourth-order valence-corrected chi connectivity index (χ4v) is 4.77. The summed E-state index contributed by atoms with van der Waals surface area (Å²) in [6.07, 6.45) is 2.48. The van der Waals surface area contributed by atoms with Crippen LogP contribution in [0.5, 0.6) is 0 Å². The van der Waals surface area contributed by atoms with Crippen molar-refractivity contribution in [2.24, 2.45) is 17.6 Å². The standard InChI is InChI=1S/C23H29N3O2.ClH/c1-16-13-17(14-24)15-26(16)22(27)19-9-11-25(12-10-19)23(28)21-8-4-6-18-5-2-3-7-20(18)21;/h2-8,16-17,19H,9-15,24H2,1H3;1H. The zero-order valence-corrected chi connectivity index (χ0v) is 17.7. The van der Waals surface area contributed by atoms with Crippen molar-refractivity contribution in [2.75, 3.05) is 26.2 Å². The van der Waals surface area contributed by atoms with Gasteiger partial charge >= 0.3 is 0 Å². The van der Waals surface area contributed by atoms with Crippen LogP contribution >= 0.6 is 12.4 Å². The van der Waals surface area contributed by atoms with Gasteiger partial charge < -0.3 is 15.5 Å². The Morgan fingerprint density at radius 3 is 2.45 bits per heavy atom. The van der Waals surface area contributed by atoms with Crippen LogP contribution in [0.4, 0.5) is 0 Å². The van der Waals surface area contributed by atoms with Crippen LogP contribution in [0.25, 0.3) is 10.8 Å². The van der Waals surface area contributed by atoms with Gasteiger partial charge in [0, 0.05) is 37.2 Å². The van der Waals surface area contributed by atoms with Gasteiger partial charge in [0.2, 0.25) is 5.91 Å². The van der Waals surface area contributed by atoms with Crippen LogP contribution in [0.1, 0.15) is 36.5 Å². The molecule has 2 N–H and O–H groups in total. The molecule has 2 aliphatic rings. The summed E-state index contributed by atoms with van der Waals surface area (Å²) in [5, 5.41) is 2.07. The molecule has 6 heteroatoms. The van der Waals surface area contributed by atoms with Gasteiger partial charge in [0.15, 0.2) is 0 Å². The van der Waals surface area contributed by atoms with Crippen LogP contribution in [0.2, 0.25) is 0 Å². The van der Waals surface area contributed by atoms with Crippen molar-refractivity contribution in [1.82, 2.24) is 9.80 Å². The molecule has 0 spiro atoms. The lowest BCUT2D eigenvalue weighted by Gasteiger charge is -2.34. The summed E-state index contributed by atoms with van der Waals surface area (Å²) in [4.78, 5) is 30.0. The first kappa shape index (κ1) is 21.6. The number of carbonyl (C=O) groups is 2. The SMILES string of the molecule is CC1CC(CN)CN1C(=O)C1CCN(C(=O)c2cccc3ccccc23)CC1.Cl. The van der Waals surface area contributed by atoms with E-state index in [2.05, 4.69) is 6.92 Å². The summed E-state index contributed by atoms with van der Waals surface area (Å²) in [5.41, 5.74) is 6.55. The molecule has 0 bridgehead atoms.